The van der Waals surface area contributed by atoms with Gasteiger partial charge in [-0.15, -0.1) is 0 Å². The van der Waals surface area contributed by atoms with Crippen molar-refractivity contribution in [1.82, 2.24) is 0 Å². The van der Waals surface area contributed by atoms with Gasteiger partial charge < -0.3 is 9.73 Å². The van der Waals surface area contributed by atoms with Crippen molar-refractivity contribution in [2.24, 2.45) is 0 Å². The first kappa shape index (κ1) is 13.4. The summed E-state index contributed by atoms with van der Waals surface area (Å²) in [5.41, 5.74) is 1.07. The van der Waals surface area contributed by atoms with E-state index in [9.17, 15) is 0 Å². The smallest absolute Gasteiger partial charge is 0.169 e. The van der Waals surface area contributed by atoms with Crippen LogP contribution in [-0.2, 0) is 0 Å². The van der Waals surface area contributed by atoms with Gasteiger partial charge >= 0.3 is 0 Å². The minimum Gasteiger partial charge on any atom is -0.452 e. The summed E-state index contributed by atoms with van der Waals surface area (Å²) in [6.45, 7) is 2.07. The van der Waals surface area contributed by atoms with Crippen LogP contribution in [0.5, 0.6) is 0 Å². The summed E-state index contributed by atoms with van der Waals surface area (Å²) in [4.78, 5) is 0. The number of halogens is 3. The van der Waals surface area contributed by atoms with Crippen molar-refractivity contribution in [3.8, 4) is 0 Å². The Morgan fingerprint density at radius 2 is 2.00 bits per heavy atom. The molecule has 0 bridgehead atoms. The predicted octanol–water partition coefficient (Wildman–Crippen LogP) is 5.58. The molecule has 1 aromatic carbocycles. The molecule has 0 amide bonds. The quantitative estimate of drug-likeness (QED) is 0.592. The van der Waals surface area contributed by atoms with E-state index in [0.717, 1.165) is 20.6 Å². The average molecular weight is 471 g/mol. The van der Waals surface area contributed by atoms with Crippen LogP contribution in [0.4, 0.5) is 5.69 Å². The maximum Gasteiger partial charge on any atom is 0.169 e. The molecule has 2 aromatic rings. The van der Waals surface area contributed by atoms with Crippen molar-refractivity contribution in [3.63, 3.8) is 0 Å². The second-order valence-electron chi connectivity index (χ2n) is 3.63. The molecule has 1 atom stereocenters. The minimum absolute atomic E-state index is 0.121. The van der Waals surface area contributed by atoms with Gasteiger partial charge in [0.05, 0.1) is 11.7 Å². The van der Waals surface area contributed by atoms with Gasteiger partial charge in [-0.05, 0) is 91.7 Å². The molecule has 0 fully saturated rings. The summed E-state index contributed by atoms with van der Waals surface area (Å²) < 4.78 is 8.52. The molecule has 1 unspecified atom stereocenters. The normalized spacial score (nSPS) is 12.5. The van der Waals surface area contributed by atoms with E-state index in [1.165, 1.54) is 3.57 Å². The third-order valence-electron chi connectivity index (χ3n) is 2.32. The second-order valence-corrected chi connectivity index (χ2v) is 6.51. The Balaban J connectivity index is 2.18. The zero-order chi connectivity index (χ0) is 12.4. The number of hydrogen-bond acceptors (Lipinski definition) is 2. The third kappa shape index (κ3) is 3.48. The molecule has 0 radical (unpaired) electrons. The number of hydrogen-bond donors (Lipinski definition) is 1. The highest BCUT2D eigenvalue weighted by molar-refractivity contribution is 14.1. The number of nitrogens with one attached hydrogen (secondary N) is 1. The van der Waals surface area contributed by atoms with E-state index >= 15 is 0 Å². The highest BCUT2D eigenvalue weighted by atomic mass is 127. The van der Waals surface area contributed by atoms with E-state index in [-0.39, 0.29) is 6.04 Å². The fourth-order valence-electron chi connectivity index (χ4n) is 1.47. The standard InChI is InChI=1S/C12H10Br2INO/c1-7(11-4-5-12(14)17-11)16-10-6-8(15)2-3-9(10)13/h2-7,16H,1H3. The molecule has 1 N–H and O–H groups in total. The van der Waals surface area contributed by atoms with Gasteiger partial charge in [-0.3, -0.25) is 0 Å². The molecular formula is C12H10Br2INO. The molecule has 0 aliphatic carbocycles. The van der Waals surface area contributed by atoms with E-state index in [1.807, 2.05) is 18.2 Å². The monoisotopic (exact) mass is 469 g/mol. The summed E-state index contributed by atoms with van der Waals surface area (Å²) in [7, 11) is 0. The molecule has 0 saturated heterocycles. The summed E-state index contributed by atoms with van der Waals surface area (Å²) in [5.74, 6) is 0.905. The van der Waals surface area contributed by atoms with Crippen molar-refractivity contribution in [1.29, 1.82) is 0 Å². The zero-order valence-electron chi connectivity index (χ0n) is 9.01. The first-order valence-corrected chi connectivity index (χ1v) is 7.69. The summed E-state index contributed by atoms with van der Waals surface area (Å²) in [6.07, 6.45) is 0. The molecule has 90 valence electrons. The molecule has 1 heterocycles. The van der Waals surface area contributed by atoms with Gasteiger partial charge in [0, 0.05) is 8.04 Å². The van der Waals surface area contributed by atoms with E-state index in [4.69, 9.17) is 4.42 Å². The Kier molecular flexibility index (Phi) is 4.54. The molecule has 0 spiro atoms. The highest BCUT2D eigenvalue weighted by Crippen LogP contribution is 2.29. The van der Waals surface area contributed by atoms with E-state index in [2.05, 4.69) is 78.8 Å². The molecule has 1 aromatic heterocycles. The van der Waals surface area contributed by atoms with Crippen LogP contribution < -0.4 is 5.32 Å². The van der Waals surface area contributed by atoms with Gasteiger partial charge in [0.1, 0.15) is 5.76 Å². The Morgan fingerprint density at radius 3 is 2.65 bits per heavy atom. The molecule has 0 saturated carbocycles. The van der Waals surface area contributed by atoms with Gasteiger partial charge in [-0.25, -0.2) is 0 Å². The van der Waals surface area contributed by atoms with Gasteiger partial charge in [-0.2, -0.15) is 0 Å². The average Bonchev–Trinajstić information content (AvgIpc) is 2.70. The van der Waals surface area contributed by atoms with Gasteiger partial charge in [0.15, 0.2) is 4.67 Å². The Bertz CT molecular complexity index is 527. The lowest BCUT2D eigenvalue weighted by molar-refractivity contribution is 0.471. The number of furan rings is 1. The van der Waals surface area contributed by atoms with Crippen LogP contribution in [0.25, 0.3) is 0 Å². The van der Waals surface area contributed by atoms with Crippen molar-refractivity contribution < 1.29 is 4.42 Å². The van der Waals surface area contributed by atoms with Crippen molar-refractivity contribution in [2.45, 2.75) is 13.0 Å². The lowest BCUT2D eigenvalue weighted by atomic mass is 10.2. The topological polar surface area (TPSA) is 25.2 Å². The molecule has 5 heteroatoms. The van der Waals surface area contributed by atoms with Crippen molar-refractivity contribution in [2.75, 3.05) is 5.32 Å². The van der Waals surface area contributed by atoms with Gasteiger partial charge in [-0.1, -0.05) is 0 Å². The predicted molar refractivity (Wildman–Crippen MR) is 85.3 cm³/mol. The van der Waals surface area contributed by atoms with E-state index in [1.54, 1.807) is 0 Å². The van der Waals surface area contributed by atoms with Crippen LogP contribution in [0, 0.1) is 3.57 Å². The summed E-state index contributed by atoms with van der Waals surface area (Å²) in [5, 5.41) is 3.41. The number of anilines is 1. The van der Waals surface area contributed by atoms with Crippen LogP contribution in [-0.4, -0.2) is 0 Å². The number of benzene rings is 1. The molecule has 2 nitrogen and oxygen atoms in total. The molecular weight excluding hydrogens is 461 g/mol. The first-order chi connectivity index (χ1) is 8.06. The van der Waals surface area contributed by atoms with Gasteiger partial charge in [0.25, 0.3) is 0 Å². The molecule has 17 heavy (non-hydrogen) atoms. The van der Waals surface area contributed by atoms with Crippen LogP contribution in [0.15, 0.2) is 43.9 Å². The van der Waals surface area contributed by atoms with Crippen LogP contribution in [0.3, 0.4) is 0 Å². The Morgan fingerprint density at radius 1 is 1.24 bits per heavy atom. The third-order valence-corrected chi connectivity index (χ3v) is 4.11. The van der Waals surface area contributed by atoms with Crippen molar-refractivity contribution >= 4 is 60.1 Å². The highest BCUT2D eigenvalue weighted by Gasteiger charge is 2.11. The Hall–Kier alpha value is -0.0100. The molecule has 2 rings (SSSR count). The van der Waals surface area contributed by atoms with Gasteiger partial charge in [0.2, 0.25) is 0 Å². The fourth-order valence-corrected chi connectivity index (χ4v) is 2.64. The largest absolute Gasteiger partial charge is 0.452 e. The SMILES string of the molecule is CC(Nc1cc(I)ccc1Br)c1ccc(Br)o1. The zero-order valence-corrected chi connectivity index (χ0v) is 14.3. The van der Waals surface area contributed by atoms with E-state index in [0.29, 0.717) is 0 Å². The number of rotatable bonds is 3. The fraction of sp³-hybridized carbons (Fsp3) is 0.167. The maximum atomic E-state index is 5.52. The van der Waals surface area contributed by atoms with Crippen molar-refractivity contribution in [3.05, 3.63) is 48.8 Å². The molecule has 0 aliphatic rings. The van der Waals surface area contributed by atoms with Crippen LogP contribution in [0.2, 0.25) is 0 Å². The first-order valence-electron chi connectivity index (χ1n) is 5.03. The minimum atomic E-state index is 0.121. The van der Waals surface area contributed by atoms with Crippen LogP contribution >= 0.6 is 54.5 Å². The summed E-state index contributed by atoms with van der Waals surface area (Å²) >= 11 is 9.13. The summed E-state index contributed by atoms with van der Waals surface area (Å²) in [6, 6.07) is 10.2. The lowest BCUT2D eigenvalue weighted by Crippen LogP contribution is -2.06. The lowest BCUT2D eigenvalue weighted by Gasteiger charge is -2.14. The Labute approximate surface area is 131 Å². The van der Waals surface area contributed by atoms with E-state index < -0.39 is 0 Å². The second kappa shape index (κ2) is 5.75. The molecule has 0 aliphatic heterocycles. The maximum absolute atomic E-state index is 5.52. The van der Waals surface area contributed by atoms with Crippen LogP contribution in [0.1, 0.15) is 18.7 Å².